The average molecular weight is 829 g/mol. The van der Waals surface area contributed by atoms with E-state index in [1.54, 1.807) is 43.3 Å². The molecule has 3 rings (SSSR count). The summed E-state index contributed by atoms with van der Waals surface area (Å²) in [5, 5.41) is 23.5. The normalized spacial score (nSPS) is 14.4. The fourth-order valence-corrected chi connectivity index (χ4v) is 6.34. The van der Waals surface area contributed by atoms with Crippen LogP contribution in [0.2, 0.25) is 0 Å². The number of ether oxygens (including phenoxy) is 1. The Morgan fingerprint density at radius 3 is 1.77 bits per heavy atom. The van der Waals surface area contributed by atoms with Gasteiger partial charge in [0.05, 0.1) is 6.61 Å². The average Bonchev–Trinajstić information content (AvgIpc) is 3.21. The van der Waals surface area contributed by atoms with E-state index in [9.17, 15) is 33.9 Å². The molecule has 0 saturated carbocycles. The van der Waals surface area contributed by atoms with Crippen molar-refractivity contribution in [2.45, 2.75) is 122 Å². The molecule has 0 aliphatic rings. The lowest BCUT2D eigenvalue weighted by atomic mass is 9.86. The number of hydrogen-bond donors (Lipinski definition) is 7. The Kier molecular flexibility index (Phi) is 19.4. The zero-order chi connectivity index (χ0) is 44.4. The highest BCUT2D eigenvalue weighted by molar-refractivity contribution is 5.99. The summed E-state index contributed by atoms with van der Waals surface area (Å²) in [6.07, 6.45) is 0.868. The molecule has 326 valence electrons. The number of carbonyl (C=O) groups excluding carboxylic acids is 6. The molecule has 3 aromatic rings. The summed E-state index contributed by atoms with van der Waals surface area (Å²) < 4.78 is 5.51. The van der Waals surface area contributed by atoms with Crippen LogP contribution in [-0.4, -0.2) is 84.0 Å². The molecule has 0 aliphatic carbocycles. The second-order valence-electron chi connectivity index (χ2n) is 16.5. The molecule has 0 aromatic heterocycles. The number of amides is 5. The first-order valence-corrected chi connectivity index (χ1v) is 20.7. The standard InChI is InChI=1S/C46H64N6O8/c1-29(2)26-37(44(58)49-36(20-14-15-25-47)42(56)52-39(28-53)45(59)60-31(4)33-18-12-9-13-19-33)50-40(54)30(3)48-43(57)38(27-32-16-10-8-11-17-32)51-41(55)34-21-23-35(24-22-34)46(5,6)7/h8-13,16-19,21-24,29-31,36-39,53H,14-15,20,25-28,47H2,1-7H3,(H,48,57)(H,49,58)(H,50,54)(H,51,55)(H,52,56)/t30-,31?,36-,37-,38-,39-/m0/s1. The van der Waals surface area contributed by atoms with Gasteiger partial charge in [-0.25, -0.2) is 4.79 Å². The second kappa shape index (κ2) is 23.9. The van der Waals surface area contributed by atoms with Gasteiger partial charge in [0.25, 0.3) is 5.91 Å². The lowest BCUT2D eigenvalue weighted by molar-refractivity contribution is -0.154. The van der Waals surface area contributed by atoms with Gasteiger partial charge in [0, 0.05) is 12.0 Å². The molecule has 1 unspecified atom stereocenters. The Labute approximate surface area is 354 Å². The molecule has 60 heavy (non-hydrogen) atoms. The number of unbranched alkanes of at least 4 members (excludes halogenated alkanes) is 1. The van der Waals surface area contributed by atoms with Gasteiger partial charge in [-0.1, -0.05) is 107 Å². The van der Waals surface area contributed by atoms with Crippen LogP contribution in [0.4, 0.5) is 0 Å². The number of nitrogens with two attached hydrogens (primary N) is 1. The molecule has 14 heteroatoms. The van der Waals surface area contributed by atoms with Gasteiger partial charge in [-0.2, -0.15) is 0 Å². The Balaban J connectivity index is 1.72. The van der Waals surface area contributed by atoms with Crippen molar-refractivity contribution in [2.75, 3.05) is 13.2 Å². The monoisotopic (exact) mass is 828 g/mol. The molecule has 14 nitrogen and oxygen atoms in total. The zero-order valence-corrected chi connectivity index (χ0v) is 36.0. The molecule has 0 fully saturated rings. The van der Waals surface area contributed by atoms with Gasteiger partial charge in [0.15, 0.2) is 6.04 Å². The lowest BCUT2D eigenvalue weighted by Gasteiger charge is -2.27. The van der Waals surface area contributed by atoms with E-state index in [2.05, 4.69) is 47.4 Å². The Morgan fingerprint density at radius 2 is 1.20 bits per heavy atom. The van der Waals surface area contributed by atoms with Gasteiger partial charge < -0.3 is 42.2 Å². The molecule has 8 N–H and O–H groups in total. The van der Waals surface area contributed by atoms with E-state index < -0.39 is 78.4 Å². The van der Waals surface area contributed by atoms with Crippen molar-refractivity contribution < 1.29 is 38.6 Å². The molecule has 0 saturated heterocycles. The SMILES string of the molecule is CC(C)C[C@H](NC(=O)[C@H](C)NC(=O)[C@H](Cc1ccccc1)NC(=O)c1ccc(C(C)(C)C)cc1)C(=O)N[C@@H](CCCCN)C(=O)N[C@@H](CO)C(=O)OC(C)c1ccccc1. The fourth-order valence-electron chi connectivity index (χ4n) is 6.34. The van der Waals surface area contributed by atoms with Gasteiger partial charge in [-0.05, 0) is 86.2 Å². The van der Waals surface area contributed by atoms with Crippen LogP contribution in [0, 0.1) is 5.92 Å². The number of esters is 1. The minimum Gasteiger partial charge on any atom is -0.456 e. The van der Waals surface area contributed by atoms with Crippen LogP contribution < -0.4 is 32.3 Å². The van der Waals surface area contributed by atoms with Crippen molar-refractivity contribution in [1.29, 1.82) is 0 Å². The third-order valence-electron chi connectivity index (χ3n) is 9.94. The molecule has 0 spiro atoms. The van der Waals surface area contributed by atoms with E-state index in [0.717, 1.165) is 16.7 Å². The molecule has 0 aliphatic heterocycles. The quantitative estimate of drug-likeness (QED) is 0.0579. The molecular formula is C46H64N6O8. The minimum absolute atomic E-state index is 0.0708. The van der Waals surface area contributed by atoms with Crippen LogP contribution >= 0.6 is 0 Å². The first-order valence-electron chi connectivity index (χ1n) is 20.7. The fraction of sp³-hybridized carbons (Fsp3) is 0.478. The first-order chi connectivity index (χ1) is 28.4. The number of carbonyl (C=O) groups is 6. The zero-order valence-electron chi connectivity index (χ0n) is 36.0. The maximum Gasteiger partial charge on any atom is 0.331 e. The predicted octanol–water partition coefficient (Wildman–Crippen LogP) is 3.76. The molecule has 6 atom stereocenters. The highest BCUT2D eigenvalue weighted by Crippen LogP contribution is 2.22. The van der Waals surface area contributed by atoms with Crippen LogP contribution in [0.3, 0.4) is 0 Å². The molecule has 5 amide bonds. The summed E-state index contributed by atoms with van der Waals surface area (Å²) in [6.45, 7) is 12.7. The summed E-state index contributed by atoms with van der Waals surface area (Å²) in [4.78, 5) is 81.2. The van der Waals surface area contributed by atoms with Crippen LogP contribution in [0.25, 0.3) is 0 Å². The van der Waals surface area contributed by atoms with Crippen LogP contribution in [-0.2, 0) is 40.5 Å². The van der Waals surface area contributed by atoms with Gasteiger partial charge in [0.2, 0.25) is 23.6 Å². The maximum atomic E-state index is 13.8. The first kappa shape index (κ1) is 48.8. The summed E-state index contributed by atoms with van der Waals surface area (Å²) >= 11 is 0. The summed E-state index contributed by atoms with van der Waals surface area (Å²) in [5.41, 5.74) is 8.53. The van der Waals surface area contributed by atoms with E-state index in [-0.39, 0.29) is 30.6 Å². The van der Waals surface area contributed by atoms with Crippen molar-refractivity contribution in [3.8, 4) is 0 Å². The summed E-state index contributed by atoms with van der Waals surface area (Å²) in [6, 6.07) is 19.5. The highest BCUT2D eigenvalue weighted by Gasteiger charge is 2.32. The second-order valence-corrected chi connectivity index (χ2v) is 16.5. The van der Waals surface area contributed by atoms with Crippen LogP contribution in [0.15, 0.2) is 84.9 Å². The number of aliphatic hydroxyl groups excluding tert-OH is 1. The topological polar surface area (TPSA) is 218 Å². The lowest BCUT2D eigenvalue weighted by Crippen LogP contribution is -2.59. The van der Waals surface area contributed by atoms with Crippen molar-refractivity contribution >= 4 is 35.5 Å². The maximum absolute atomic E-state index is 13.8. The molecule has 0 bridgehead atoms. The third kappa shape index (κ3) is 15.9. The summed E-state index contributed by atoms with van der Waals surface area (Å²) in [7, 11) is 0. The van der Waals surface area contributed by atoms with Crippen molar-refractivity contribution in [2.24, 2.45) is 11.7 Å². The third-order valence-corrected chi connectivity index (χ3v) is 9.94. The van der Waals surface area contributed by atoms with E-state index in [4.69, 9.17) is 10.5 Å². The van der Waals surface area contributed by atoms with E-state index >= 15 is 0 Å². The predicted molar refractivity (Wildman–Crippen MR) is 230 cm³/mol. The smallest absolute Gasteiger partial charge is 0.331 e. The minimum atomic E-state index is -1.40. The molecular weight excluding hydrogens is 765 g/mol. The van der Waals surface area contributed by atoms with Crippen molar-refractivity contribution in [1.82, 2.24) is 26.6 Å². The van der Waals surface area contributed by atoms with Gasteiger partial charge in [-0.15, -0.1) is 0 Å². The van der Waals surface area contributed by atoms with Crippen molar-refractivity contribution in [3.63, 3.8) is 0 Å². The van der Waals surface area contributed by atoms with Gasteiger partial charge in [0.1, 0.15) is 30.3 Å². The Morgan fingerprint density at radius 1 is 0.650 bits per heavy atom. The summed E-state index contributed by atoms with van der Waals surface area (Å²) in [5.74, 6) is -4.02. The number of benzene rings is 3. The number of hydrogen-bond acceptors (Lipinski definition) is 9. The molecule has 0 heterocycles. The highest BCUT2D eigenvalue weighted by atomic mass is 16.5. The van der Waals surface area contributed by atoms with E-state index in [0.29, 0.717) is 24.9 Å². The van der Waals surface area contributed by atoms with Gasteiger partial charge in [-0.3, -0.25) is 24.0 Å². The van der Waals surface area contributed by atoms with Crippen LogP contribution in [0.1, 0.15) is 107 Å². The Bertz CT molecular complexity index is 1850. The number of nitrogens with one attached hydrogen (secondary N) is 5. The van der Waals surface area contributed by atoms with Crippen LogP contribution in [0.5, 0.6) is 0 Å². The molecule has 3 aromatic carbocycles. The van der Waals surface area contributed by atoms with E-state index in [1.165, 1.54) is 6.92 Å². The van der Waals surface area contributed by atoms with Crippen molar-refractivity contribution in [3.05, 3.63) is 107 Å². The largest absolute Gasteiger partial charge is 0.456 e. The Hall–Kier alpha value is -5.60. The van der Waals surface area contributed by atoms with E-state index in [1.807, 2.05) is 62.4 Å². The number of aliphatic hydroxyl groups is 1. The molecule has 0 radical (unpaired) electrons. The van der Waals surface area contributed by atoms with Gasteiger partial charge >= 0.3 is 5.97 Å². The number of rotatable bonds is 22.